The van der Waals surface area contributed by atoms with Crippen molar-refractivity contribution in [2.45, 2.75) is 38.6 Å². The highest BCUT2D eigenvalue weighted by Gasteiger charge is 2.33. The van der Waals surface area contributed by atoms with Crippen molar-refractivity contribution in [2.75, 3.05) is 11.4 Å². The van der Waals surface area contributed by atoms with Gasteiger partial charge in [0.25, 0.3) is 5.91 Å². The second-order valence-electron chi connectivity index (χ2n) is 8.63. The van der Waals surface area contributed by atoms with Crippen molar-refractivity contribution >= 4 is 34.5 Å². The molecule has 0 aromatic heterocycles. The van der Waals surface area contributed by atoms with E-state index >= 15 is 0 Å². The monoisotopic (exact) mass is 414 g/mol. The maximum atomic E-state index is 13.4. The molecule has 5 rings (SSSR count). The number of carbonyl (C=O) groups excluding carboxylic acids is 2. The molecule has 0 spiro atoms. The summed E-state index contributed by atoms with van der Waals surface area (Å²) in [5, 5.41) is 11.7. The smallest absolute Gasteiger partial charge is 0.256 e. The molecule has 1 heterocycles. The molecule has 2 amide bonds. The van der Waals surface area contributed by atoms with Gasteiger partial charge < -0.3 is 10.0 Å². The molecule has 31 heavy (non-hydrogen) atoms. The zero-order valence-electron chi connectivity index (χ0n) is 17.5. The van der Waals surface area contributed by atoms with Crippen molar-refractivity contribution in [1.82, 2.24) is 4.90 Å². The number of amides is 2. The quantitative estimate of drug-likeness (QED) is 0.571. The van der Waals surface area contributed by atoms with Gasteiger partial charge in [0.2, 0.25) is 6.41 Å². The molecule has 5 nitrogen and oxygen atoms in total. The lowest BCUT2D eigenvalue weighted by atomic mass is 9.89. The number of nitrogens with zero attached hydrogens (tertiary/aromatic N) is 2. The minimum Gasteiger partial charge on any atom is -0.507 e. The first-order chi connectivity index (χ1) is 15.2. The Balaban J connectivity index is 1.53. The van der Waals surface area contributed by atoms with Gasteiger partial charge in [0.1, 0.15) is 5.75 Å². The molecule has 1 N–H and O–H groups in total. The topological polar surface area (TPSA) is 60.9 Å². The summed E-state index contributed by atoms with van der Waals surface area (Å²) in [5.74, 6) is 0.739. The third-order valence-electron chi connectivity index (χ3n) is 6.70. The van der Waals surface area contributed by atoms with E-state index in [0.29, 0.717) is 34.8 Å². The Hall–Kier alpha value is -3.34. The van der Waals surface area contributed by atoms with Gasteiger partial charge in [-0.15, -0.1) is 0 Å². The number of anilines is 2. The van der Waals surface area contributed by atoms with E-state index in [1.54, 1.807) is 12.1 Å². The lowest BCUT2D eigenvalue weighted by Gasteiger charge is -2.27. The fraction of sp³-hybridized carbons (Fsp3) is 0.308. The van der Waals surface area contributed by atoms with Gasteiger partial charge in [-0.25, -0.2) is 0 Å². The van der Waals surface area contributed by atoms with Gasteiger partial charge in [-0.2, -0.15) is 0 Å². The summed E-state index contributed by atoms with van der Waals surface area (Å²) < 4.78 is 0. The van der Waals surface area contributed by atoms with E-state index in [0.717, 1.165) is 23.9 Å². The molecule has 1 aliphatic heterocycles. The number of hydrogen-bond acceptors (Lipinski definition) is 3. The first kappa shape index (κ1) is 19.6. The molecule has 158 valence electrons. The summed E-state index contributed by atoms with van der Waals surface area (Å²) in [4.78, 5) is 29.2. The van der Waals surface area contributed by atoms with Crippen LogP contribution in [0, 0.1) is 5.92 Å². The highest BCUT2D eigenvalue weighted by molar-refractivity contribution is 6.10. The van der Waals surface area contributed by atoms with Gasteiger partial charge >= 0.3 is 0 Å². The number of phenolic OH excluding ortho intramolecular Hbond substituents is 1. The molecule has 0 unspecified atom stereocenters. The van der Waals surface area contributed by atoms with E-state index in [1.807, 2.05) is 47.4 Å². The zero-order chi connectivity index (χ0) is 21.4. The fourth-order valence-electron chi connectivity index (χ4n) is 5.15. The predicted molar refractivity (Wildman–Crippen MR) is 122 cm³/mol. The van der Waals surface area contributed by atoms with E-state index in [-0.39, 0.29) is 11.7 Å². The van der Waals surface area contributed by atoms with Crippen molar-refractivity contribution in [3.05, 3.63) is 65.7 Å². The second kappa shape index (κ2) is 8.06. The van der Waals surface area contributed by atoms with Crippen molar-refractivity contribution in [2.24, 2.45) is 5.92 Å². The number of hydrogen-bond donors (Lipinski definition) is 1. The summed E-state index contributed by atoms with van der Waals surface area (Å²) in [6, 6.07) is 16.5. The van der Waals surface area contributed by atoms with Crippen LogP contribution in [0.15, 0.2) is 54.6 Å². The highest BCUT2D eigenvalue weighted by Crippen LogP contribution is 2.40. The van der Waals surface area contributed by atoms with Crippen LogP contribution in [0.1, 0.15) is 48.0 Å². The molecule has 0 bridgehead atoms. The van der Waals surface area contributed by atoms with Crippen LogP contribution < -0.4 is 4.90 Å². The largest absolute Gasteiger partial charge is 0.507 e. The summed E-state index contributed by atoms with van der Waals surface area (Å²) >= 11 is 0. The SMILES string of the molecule is O=CN(c1cccc2c1C(=O)N(CC1CCCCC1)C2)c1ccc(O)c2ccccc12. The van der Waals surface area contributed by atoms with Crippen LogP contribution in [-0.4, -0.2) is 28.9 Å². The van der Waals surface area contributed by atoms with Crippen LogP contribution in [0.5, 0.6) is 5.75 Å². The van der Waals surface area contributed by atoms with E-state index < -0.39 is 0 Å². The van der Waals surface area contributed by atoms with Crippen LogP contribution in [0.25, 0.3) is 10.8 Å². The Morgan fingerprint density at radius 3 is 2.48 bits per heavy atom. The molecular weight excluding hydrogens is 388 g/mol. The first-order valence-electron chi connectivity index (χ1n) is 11.0. The Bertz CT molecular complexity index is 1150. The Kier molecular flexibility index (Phi) is 5.10. The normalized spacial score (nSPS) is 16.5. The van der Waals surface area contributed by atoms with E-state index in [2.05, 4.69) is 0 Å². The Labute approximate surface area is 181 Å². The number of carbonyl (C=O) groups is 2. The predicted octanol–water partition coefficient (Wildman–Crippen LogP) is 5.38. The van der Waals surface area contributed by atoms with Gasteiger partial charge in [0.15, 0.2) is 0 Å². The molecule has 1 saturated carbocycles. The lowest BCUT2D eigenvalue weighted by molar-refractivity contribution is -0.106. The highest BCUT2D eigenvalue weighted by atomic mass is 16.3. The average molecular weight is 415 g/mol. The average Bonchev–Trinajstić information content (AvgIpc) is 3.12. The molecule has 0 atom stereocenters. The lowest BCUT2D eigenvalue weighted by Crippen LogP contribution is -2.31. The molecule has 0 saturated heterocycles. The molecule has 0 radical (unpaired) electrons. The van der Waals surface area contributed by atoms with Crippen LogP contribution in [0.3, 0.4) is 0 Å². The maximum Gasteiger partial charge on any atom is 0.256 e. The summed E-state index contributed by atoms with van der Waals surface area (Å²) in [7, 11) is 0. The van der Waals surface area contributed by atoms with E-state index in [1.165, 1.54) is 37.0 Å². The third-order valence-corrected chi connectivity index (χ3v) is 6.70. The van der Waals surface area contributed by atoms with Crippen LogP contribution in [-0.2, 0) is 11.3 Å². The van der Waals surface area contributed by atoms with Gasteiger partial charge in [-0.05, 0) is 42.5 Å². The number of benzene rings is 3. The fourth-order valence-corrected chi connectivity index (χ4v) is 5.15. The number of rotatable bonds is 5. The van der Waals surface area contributed by atoms with Crippen LogP contribution in [0.2, 0.25) is 0 Å². The Morgan fingerprint density at radius 2 is 1.71 bits per heavy atom. The molecular formula is C26H26N2O3. The molecule has 3 aromatic carbocycles. The zero-order valence-corrected chi connectivity index (χ0v) is 17.5. The molecule has 2 aliphatic rings. The minimum atomic E-state index is 0.00565. The summed E-state index contributed by atoms with van der Waals surface area (Å²) in [6.07, 6.45) is 6.92. The number of phenols is 1. The second-order valence-corrected chi connectivity index (χ2v) is 8.63. The Morgan fingerprint density at radius 1 is 0.935 bits per heavy atom. The number of fused-ring (bicyclic) bond motifs is 2. The molecule has 3 aromatic rings. The molecule has 1 fully saturated rings. The maximum absolute atomic E-state index is 13.4. The summed E-state index contributed by atoms with van der Waals surface area (Å²) in [5.41, 5.74) is 2.82. The van der Waals surface area contributed by atoms with Gasteiger partial charge in [0.05, 0.1) is 16.9 Å². The van der Waals surface area contributed by atoms with Crippen LogP contribution in [0.4, 0.5) is 11.4 Å². The van der Waals surface area contributed by atoms with Crippen molar-refractivity contribution in [3.8, 4) is 5.75 Å². The number of aromatic hydroxyl groups is 1. The minimum absolute atomic E-state index is 0.00565. The van der Waals surface area contributed by atoms with Crippen LogP contribution >= 0.6 is 0 Å². The van der Waals surface area contributed by atoms with E-state index in [4.69, 9.17) is 0 Å². The van der Waals surface area contributed by atoms with Crippen molar-refractivity contribution < 1.29 is 14.7 Å². The summed E-state index contributed by atoms with van der Waals surface area (Å²) in [6.45, 7) is 1.39. The van der Waals surface area contributed by atoms with Crippen molar-refractivity contribution in [1.29, 1.82) is 0 Å². The van der Waals surface area contributed by atoms with Crippen molar-refractivity contribution in [3.63, 3.8) is 0 Å². The third kappa shape index (κ3) is 3.44. The van der Waals surface area contributed by atoms with Gasteiger partial charge in [-0.3, -0.25) is 14.5 Å². The molecule has 1 aliphatic carbocycles. The van der Waals surface area contributed by atoms with Gasteiger partial charge in [0, 0.05) is 23.9 Å². The molecule has 5 heteroatoms. The standard InChI is InChI=1S/C26H26N2O3/c29-17-28(22-13-14-24(30)21-11-5-4-10-20(21)22)23-12-6-9-19-16-27(26(31)25(19)23)15-18-7-2-1-3-8-18/h4-6,9-14,17-18,30H,1-3,7-8,15-16H2. The first-order valence-corrected chi connectivity index (χ1v) is 11.0. The van der Waals surface area contributed by atoms with Gasteiger partial charge in [-0.1, -0.05) is 55.7 Å². The van der Waals surface area contributed by atoms with E-state index in [9.17, 15) is 14.7 Å².